The van der Waals surface area contributed by atoms with E-state index in [1.807, 2.05) is 42.2 Å². The van der Waals surface area contributed by atoms with Crippen molar-refractivity contribution in [2.45, 2.75) is 25.5 Å². The van der Waals surface area contributed by atoms with Crippen LogP contribution >= 0.6 is 0 Å². The van der Waals surface area contributed by atoms with Crippen molar-refractivity contribution < 1.29 is 9.53 Å². The van der Waals surface area contributed by atoms with Crippen LogP contribution in [0.1, 0.15) is 25.0 Å². The highest BCUT2D eigenvalue weighted by molar-refractivity contribution is 6.13. The number of rotatable bonds is 3. The minimum Gasteiger partial charge on any atom is -0.360 e. The molecule has 4 rings (SSSR count). The Kier molecular flexibility index (Phi) is 3.39. The quantitative estimate of drug-likeness (QED) is 0.870. The lowest BCUT2D eigenvalue weighted by Crippen LogP contribution is -2.52. The molecule has 0 saturated heterocycles. The standard InChI is InChI=1S/C20H22N2O2/c1-4-21-16-12-8-6-10-14(16)20(18(21)23)15-11-7-9-13-17(15)22(5-2)19(20)24-3/h6-13,19H,4-5H2,1-3H3/t19-,20?/m1/s1. The molecule has 1 unspecified atom stereocenters. The van der Waals surface area contributed by atoms with Gasteiger partial charge >= 0.3 is 0 Å². The second-order valence-corrected chi connectivity index (χ2v) is 6.27. The summed E-state index contributed by atoms with van der Waals surface area (Å²) in [6.45, 7) is 5.57. The number of anilines is 2. The topological polar surface area (TPSA) is 32.8 Å². The van der Waals surface area contributed by atoms with Gasteiger partial charge in [0.1, 0.15) is 5.41 Å². The molecule has 0 saturated carbocycles. The average Bonchev–Trinajstić information content (AvgIpc) is 3.06. The van der Waals surface area contributed by atoms with Crippen LogP contribution in [0.2, 0.25) is 0 Å². The van der Waals surface area contributed by atoms with Crippen LogP contribution in [0, 0.1) is 0 Å². The Bertz CT molecular complexity index is 791. The SMILES string of the molecule is CCN1C(=O)C2(c3ccccc31)c1ccccc1N(CC)[C@@H]2OC. The van der Waals surface area contributed by atoms with Crippen molar-refractivity contribution in [3.8, 4) is 0 Å². The maximum absolute atomic E-state index is 13.6. The smallest absolute Gasteiger partial charge is 0.246 e. The number of benzene rings is 2. The van der Waals surface area contributed by atoms with Gasteiger partial charge in [-0.05, 0) is 26.0 Å². The molecule has 2 aromatic carbocycles. The zero-order valence-electron chi connectivity index (χ0n) is 14.3. The molecule has 0 N–H and O–H groups in total. The Labute approximate surface area is 142 Å². The molecule has 4 heteroatoms. The lowest BCUT2D eigenvalue weighted by Gasteiger charge is -2.34. The molecule has 2 aromatic rings. The van der Waals surface area contributed by atoms with E-state index in [1.54, 1.807) is 7.11 Å². The number of fused-ring (bicyclic) bond motifs is 4. The lowest BCUT2D eigenvalue weighted by molar-refractivity contribution is -0.125. The lowest BCUT2D eigenvalue weighted by atomic mass is 9.75. The number of hydrogen-bond donors (Lipinski definition) is 0. The average molecular weight is 322 g/mol. The van der Waals surface area contributed by atoms with Crippen molar-refractivity contribution >= 4 is 17.3 Å². The van der Waals surface area contributed by atoms with Crippen molar-refractivity contribution in [1.29, 1.82) is 0 Å². The van der Waals surface area contributed by atoms with E-state index in [1.165, 1.54) is 0 Å². The highest BCUT2D eigenvalue weighted by Gasteiger charge is 2.63. The minimum atomic E-state index is -0.784. The molecule has 0 fully saturated rings. The molecule has 1 spiro atoms. The molecular weight excluding hydrogens is 300 g/mol. The van der Waals surface area contributed by atoms with Gasteiger partial charge in [-0.3, -0.25) is 4.79 Å². The Morgan fingerprint density at radius 2 is 1.54 bits per heavy atom. The first-order valence-electron chi connectivity index (χ1n) is 8.52. The number of hydrogen-bond acceptors (Lipinski definition) is 3. The summed E-state index contributed by atoms with van der Waals surface area (Å²) in [5.74, 6) is 0.112. The van der Waals surface area contributed by atoms with Crippen molar-refractivity contribution in [3.63, 3.8) is 0 Å². The highest BCUT2D eigenvalue weighted by Crippen LogP contribution is 2.56. The van der Waals surface area contributed by atoms with Crippen molar-refractivity contribution in [3.05, 3.63) is 59.7 Å². The van der Waals surface area contributed by atoms with Crippen LogP contribution < -0.4 is 9.80 Å². The zero-order valence-corrected chi connectivity index (χ0v) is 14.3. The molecule has 0 bridgehead atoms. The summed E-state index contributed by atoms with van der Waals surface area (Å²) in [4.78, 5) is 17.7. The van der Waals surface area contributed by atoms with Crippen molar-refractivity contribution in [2.24, 2.45) is 0 Å². The Hall–Kier alpha value is -2.33. The van der Waals surface area contributed by atoms with E-state index in [2.05, 4.69) is 30.0 Å². The van der Waals surface area contributed by atoms with E-state index in [-0.39, 0.29) is 12.1 Å². The van der Waals surface area contributed by atoms with E-state index in [4.69, 9.17) is 4.74 Å². The van der Waals surface area contributed by atoms with Gasteiger partial charge in [0.15, 0.2) is 6.23 Å². The third-order valence-corrected chi connectivity index (χ3v) is 5.37. The Balaban J connectivity index is 2.08. The van der Waals surface area contributed by atoms with Gasteiger partial charge < -0.3 is 14.5 Å². The summed E-state index contributed by atoms with van der Waals surface area (Å²) in [6.07, 6.45) is -0.329. The summed E-state index contributed by atoms with van der Waals surface area (Å²) < 4.78 is 5.93. The predicted octanol–water partition coefficient (Wildman–Crippen LogP) is 3.15. The van der Waals surface area contributed by atoms with E-state index < -0.39 is 5.41 Å². The van der Waals surface area contributed by atoms with E-state index >= 15 is 0 Å². The second-order valence-electron chi connectivity index (χ2n) is 6.27. The molecule has 2 heterocycles. The number of carbonyl (C=O) groups is 1. The van der Waals surface area contributed by atoms with Crippen LogP contribution in [0.5, 0.6) is 0 Å². The van der Waals surface area contributed by atoms with Crippen molar-refractivity contribution in [2.75, 3.05) is 30.0 Å². The maximum Gasteiger partial charge on any atom is 0.246 e. The van der Waals surface area contributed by atoms with Gasteiger partial charge in [-0.2, -0.15) is 0 Å². The van der Waals surface area contributed by atoms with Gasteiger partial charge in [-0.15, -0.1) is 0 Å². The van der Waals surface area contributed by atoms with E-state index in [0.29, 0.717) is 6.54 Å². The fourth-order valence-electron chi connectivity index (χ4n) is 4.48. The van der Waals surface area contributed by atoms with Gasteiger partial charge in [0.25, 0.3) is 0 Å². The molecule has 4 nitrogen and oxygen atoms in total. The van der Waals surface area contributed by atoms with Crippen LogP contribution in [0.15, 0.2) is 48.5 Å². The normalized spacial score (nSPS) is 24.6. The third-order valence-electron chi connectivity index (χ3n) is 5.37. The van der Waals surface area contributed by atoms with Gasteiger partial charge in [-0.25, -0.2) is 0 Å². The number of para-hydroxylation sites is 2. The third kappa shape index (κ3) is 1.59. The fraction of sp³-hybridized carbons (Fsp3) is 0.350. The van der Waals surface area contributed by atoms with Gasteiger partial charge in [0.05, 0.1) is 0 Å². The molecule has 0 aromatic heterocycles. The first kappa shape index (κ1) is 15.2. The first-order valence-corrected chi connectivity index (χ1v) is 8.52. The fourth-order valence-corrected chi connectivity index (χ4v) is 4.48. The largest absolute Gasteiger partial charge is 0.360 e. The monoisotopic (exact) mass is 322 g/mol. The summed E-state index contributed by atoms with van der Waals surface area (Å²) in [6, 6.07) is 16.3. The predicted molar refractivity (Wildman–Crippen MR) is 95.5 cm³/mol. The minimum absolute atomic E-state index is 0.112. The van der Waals surface area contributed by atoms with Crippen molar-refractivity contribution in [1.82, 2.24) is 0 Å². The number of nitrogens with zero attached hydrogens (tertiary/aromatic N) is 2. The number of ether oxygens (including phenoxy) is 1. The van der Waals surface area contributed by atoms with Gasteiger partial charge in [-0.1, -0.05) is 36.4 Å². The Morgan fingerprint density at radius 3 is 2.12 bits per heavy atom. The molecule has 0 radical (unpaired) electrons. The molecule has 2 aliphatic heterocycles. The Morgan fingerprint density at radius 1 is 0.958 bits per heavy atom. The molecule has 0 aliphatic carbocycles. The summed E-state index contributed by atoms with van der Waals surface area (Å²) in [5.41, 5.74) is 3.40. The summed E-state index contributed by atoms with van der Waals surface area (Å²) in [7, 11) is 1.70. The number of methoxy groups -OCH3 is 1. The van der Waals surface area contributed by atoms with Crippen LogP contribution in [0.3, 0.4) is 0 Å². The number of carbonyl (C=O) groups excluding carboxylic acids is 1. The van der Waals surface area contributed by atoms with Gasteiger partial charge in [0, 0.05) is 42.7 Å². The molecule has 124 valence electrons. The zero-order chi connectivity index (χ0) is 16.9. The second kappa shape index (κ2) is 5.35. The first-order chi connectivity index (χ1) is 11.7. The molecular formula is C20H22N2O2. The van der Waals surface area contributed by atoms with Gasteiger partial charge in [0.2, 0.25) is 5.91 Å². The molecule has 24 heavy (non-hydrogen) atoms. The van der Waals surface area contributed by atoms with Crippen LogP contribution in [-0.4, -0.2) is 32.3 Å². The van der Waals surface area contributed by atoms with Crippen LogP contribution in [-0.2, 0) is 14.9 Å². The van der Waals surface area contributed by atoms with Crippen LogP contribution in [0.4, 0.5) is 11.4 Å². The summed E-state index contributed by atoms with van der Waals surface area (Å²) in [5, 5.41) is 0. The van der Waals surface area contributed by atoms with Crippen LogP contribution in [0.25, 0.3) is 0 Å². The summed E-state index contributed by atoms with van der Waals surface area (Å²) >= 11 is 0. The van der Waals surface area contributed by atoms with E-state index in [9.17, 15) is 4.79 Å². The maximum atomic E-state index is 13.6. The van der Waals surface area contributed by atoms with E-state index in [0.717, 1.165) is 29.0 Å². The highest BCUT2D eigenvalue weighted by atomic mass is 16.5. The number of amides is 1. The molecule has 2 atom stereocenters. The number of likely N-dealkylation sites (N-methyl/N-ethyl adjacent to an activating group) is 2. The molecule has 1 amide bonds. The molecule has 2 aliphatic rings.